The number of nitrogens with one attached hydrogen (secondary N) is 1. The number of carbonyl (C=O) groups excluding carboxylic acids is 2. The molecule has 2 aromatic rings. The number of hydrogen-bond donors (Lipinski definition) is 1. The molecular weight excluding hydrogens is 426 g/mol. The lowest BCUT2D eigenvalue weighted by molar-refractivity contribution is -0.141. The van der Waals surface area contributed by atoms with Crippen LogP contribution < -0.4 is 5.32 Å². The summed E-state index contributed by atoms with van der Waals surface area (Å²) < 4.78 is 14.1. The lowest BCUT2D eigenvalue weighted by Gasteiger charge is -2.33. The first-order valence-electron chi connectivity index (χ1n) is 9.81. The van der Waals surface area contributed by atoms with E-state index in [2.05, 4.69) is 5.32 Å². The Morgan fingerprint density at radius 1 is 1.07 bits per heavy atom. The van der Waals surface area contributed by atoms with Gasteiger partial charge >= 0.3 is 0 Å². The van der Waals surface area contributed by atoms with Gasteiger partial charge in [-0.25, -0.2) is 4.39 Å². The minimum atomic E-state index is -0.754. The summed E-state index contributed by atoms with van der Waals surface area (Å²) in [5.41, 5.74) is 0.348. The summed E-state index contributed by atoms with van der Waals surface area (Å²) in [6.07, 6.45) is 0.209. The fraction of sp³-hybridized carbons (Fsp3) is 0.391. The van der Waals surface area contributed by atoms with E-state index in [0.29, 0.717) is 22.0 Å². The Bertz CT molecular complexity index is 892. The summed E-state index contributed by atoms with van der Waals surface area (Å²) in [6.45, 7) is 7.47. The third-order valence-corrected chi connectivity index (χ3v) is 5.28. The van der Waals surface area contributed by atoms with Crippen LogP contribution in [0.5, 0.6) is 0 Å². The van der Waals surface area contributed by atoms with Crippen molar-refractivity contribution < 1.29 is 14.0 Å². The molecule has 0 radical (unpaired) electrons. The monoisotopic (exact) mass is 452 g/mol. The molecule has 0 aromatic heterocycles. The number of carbonyl (C=O) groups is 2. The zero-order valence-electron chi connectivity index (χ0n) is 17.6. The van der Waals surface area contributed by atoms with Gasteiger partial charge in [-0.1, -0.05) is 54.4 Å². The van der Waals surface area contributed by atoms with Gasteiger partial charge in [0.1, 0.15) is 11.9 Å². The van der Waals surface area contributed by atoms with Gasteiger partial charge in [-0.05, 0) is 51.0 Å². The van der Waals surface area contributed by atoms with Crippen molar-refractivity contribution in [3.63, 3.8) is 0 Å². The van der Waals surface area contributed by atoms with E-state index in [1.54, 1.807) is 36.4 Å². The Labute approximate surface area is 187 Å². The maximum atomic E-state index is 14.1. The van der Waals surface area contributed by atoms with Crippen molar-refractivity contribution in [3.05, 3.63) is 69.5 Å². The second kappa shape index (κ2) is 10.3. The second-order valence-corrected chi connectivity index (χ2v) is 8.97. The smallest absolute Gasteiger partial charge is 0.243 e. The molecule has 0 aliphatic carbocycles. The Kier molecular flexibility index (Phi) is 8.27. The molecule has 0 fully saturated rings. The summed E-state index contributed by atoms with van der Waals surface area (Å²) in [5, 5.41) is 3.72. The van der Waals surface area contributed by atoms with Crippen LogP contribution in [0.4, 0.5) is 4.39 Å². The molecule has 2 aromatic carbocycles. The molecule has 0 spiro atoms. The Balaban J connectivity index is 2.41. The van der Waals surface area contributed by atoms with E-state index < -0.39 is 17.4 Å². The molecule has 4 nitrogen and oxygen atoms in total. The number of benzene rings is 2. The minimum Gasteiger partial charge on any atom is -0.350 e. The van der Waals surface area contributed by atoms with Gasteiger partial charge < -0.3 is 10.2 Å². The highest BCUT2D eigenvalue weighted by molar-refractivity contribution is 6.36. The predicted molar refractivity (Wildman–Crippen MR) is 119 cm³/mol. The van der Waals surface area contributed by atoms with Crippen molar-refractivity contribution >= 4 is 35.0 Å². The molecule has 2 rings (SSSR count). The van der Waals surface area contributed by atoms with E-state index in [0.717, 1.165) is 0 Å². The van der Waals surface area contributed by atoms with Crippen molar-refractivity contribution in [3.8, 4) is 0 Å². The summed E-state index contributed by atoms with van der Waals surface area (Å²) in [5.74, 6) is -1.13. The molecule has 0 saturated carbocycles. The van der Waals surface area contributed by atoms with Crippen molar-refractivity contribution in [2.75, 3.05) is 0 Å². The van der Waals surface area contributed by atoms with Gasteiger partial charge in [-0.3, -0.25) is 9.59 Å². The van der Waals surface area contributed by atoms with Crippen LogP contribution >= 0.6 is 23.2 Å². The van der Waals surface area contributed by atoms with E-state index in [9.17, 15) is 14.0 Å². The van der Waals surface area contributed by atoms with Crippen molar-refractivity contribution in [2.45, 2.75) is 58.7 Å². The van der Waals surface area contributed by atoms with Crippen LogP contribution in [0.3, 0.4) is 0 Å². The third kappa shape index (κ3) is 6.44. The number of rotatable bonds is 7. The Morgan fingerprint density at radius 2 is 1.67 bits per heavy atom. The predicted octanol–water partition coefficient (Wildman–Crippen LogP) is 5.40. The van der Waals surface area contributed by atoms with E-state index in [1.807, 2.05) is 27.7 Å². The molecule has 0 heterocycles. The molecule has 30 heavy (non-hydrogen) atoms. The summed E-state index contributed by atoms with van der Waals surface area (Å²) in [7, 11) is 0. The zero-order valence-corrected chi connectivity index (χ0v) is 19.1. The summed E-state index contributed by atoms with van der Waals surface area (Å²) in [4.78, 5) is 27.7. The largest absolute Gasteiger partial charge is 0.350 e. The van der Waals surface area contributed by atoms with Crippen LogP contribution in [-0.2, 0) is 22.6 Å². The fourth-order valence-corrected chi connectivity index (χ4v) is 3.65. The molecule has 1 atom stereocenters. The van der Waals surface area contributed by atoms with E-state index in [-0.39, 0.29) is 30.3 Å². The summed E-state index contributed by atoms with van der Waals surface area (Å²) >= 11 is 12.6. The van der Waals surface area contributed by atoms with E-state index in [4.69, 9.17) is 23.2 Å². The Hall–Kier alpha value is -2.11. The van der Waals surface area contributed by atoms with Crippen LogP contribution in [0.15, 0.2) is 42.5 Å². The van der Waals surface area contributed by atoms with Gasteiger partial charge in [0.15, 0.2) is 0 Å². The van der Waals surface area contributed by atoms with Gasteiger partial charge in [0.05, 0.1) is 6.42 Å². The average molecular weight is 453 g/mol. The van der Waals surface area contributed by atoms with E-state index >= 15 is 0 Å². The lowest BCUT2D eigenvalue weighted by atomic mass is 10.0. The SMILES string of the molecule is CC[C@@H](C(=O)NC(C)(C)C)N(Cc1c(Cl)cccc1Cl)C(=O)Cc1ccccc1F. The van der Waals surface area contributed by atoms with Gasteiger partial charge in [-0.15, -0.1) is 0 Å². The maximum absolute atomic E-state index is 14.1. The first-order valence-corrected chi connectivity index (χ1v) is 10.6. The lowest BCUT2D eigenvalue weighted by Crippen LogP contribution is -2.53. The Morgan fingerprint density at radius 3 is 2.20 bits per heavy atom. The molecule has 2 amide bonds. The first-order chi connectivity index (χ1) is 14.0. The highest BCUT2D eigenvalue weighted by Crippen LogP contribution is 2.27. The fourth-order valence-electron chi connectivity index (χ4n) is 3.13. The molecule has 0 bridgehead atoms. The third-order valence-electron chi connectivity index (χ3n) is 4.57. The topological polar surface area (TPSA) is 49.4 Å². The minimum absolute atomic E-state index is 0.0435. The quantitative estimate of drug-likeness (QED) is 0.611. The highest BCUT2D eigenvalue weighted by atomic mass is 35.5. The standard InChI is InChI=1S/C23H27Cl2FN2O2/c1-5-20(22(30)27-23(2,3)4)28(14-16-17(24)10-8-11-18(16)25)21(29)13-15-9-6-7-12-19(15)26/h6-12,20H,5,13-14H2,1-4H3,(H,27,30)/t20-/m0/s1. The molecule has 7 heteroatoms. The average Bonchev–Trinajstić information content (AvgIpc) is 2.64. The van der Waals surface area contributed by atoms with Gasteiger partial charge in [0, 0.05) is 27.7 Å². The van der Waals surface area contributed by atoms with Crippen molar-refractivity contribution in [1.29, 1.82) is 0 Å². The molecule has 0 saturated heterocycles. The van der Waals surface area contributed by atoms with Crippen LogP contribution in [-0.4, -0.2) is 28.3 Å². The van der Waals surface area contributed by atoms with Crippen LogP contribution in [0.25, 0.3) is 0 Å². The molecule has 162 valence electrons. The second-order valence-electron chi connectivity index (χ2n) is 8.15. The van der Waals surface area contributed by atoms with Crippen LogP contribution in [0, 0.1) is 5.82 Å². The molecule has 1 N–H and O–H groups in total. The van der Waals surface area contributed by atoms with Crippen molar-refractivity contribution in [1.82, 2.24) is 10.2 Å². The molecule has 0 aliphatic heterocycles. The van der Waals surface area contributed by atoms with Crippen LogP contribution in [0.1, 0.15) is 45.2 Å². The number of halogens is 3. The molecular formula is C23H27Cl2FN2O2. The van der Waals surface area contributed by atoms with E-state index in [1.165, 1.54) is 11.0 Å². The van der Waals surface area contributed by atoms with Gasteiger partial charge in [0.25, 0.3) is 0 Å². The summed E-state index contributed by atoms with van der Waals surface area (Å²) in [6, 6.07) is 10.4. The highest BCUT2D eigenvalue weighted by Gasteiger charge is 2.31. The van der Waals surface area contributed by atoms with Gasteiger partial charge in [-0.2, -0.15) is 0 Å². The molecule has 0 aliphatic rings. The van der Waals surface area contributed by atoms with Crippen molar-refractivity contribution in [2.24, 2.45) is 0 Å². The zero-order chi connectivity index (χ0) is 22.5. The van der Waals surface area contributed by atoms with Gasteiger partial charge in [0.2, 0.25) is 11.8 Å². The van der Waals surface area contributed by atoms with Crippen LogP contribution in [0.2, 0.25) is 10.0 Å². The number of nitrogens with zero attached hydrogens (tertiary/aromatic N) is 1. The maximum Gasteiger partial charge on any atom is 0.243 e. The first kappa shape index (κ1) is 24.2. The normalized spacial score (nSPS) is 12.4. The molecule has 0 unspecified atom stereocenters. The number of amides is 2. The number of hydrogen-bond acceptors (Lipinski definition) is 2.